The molecule has 0 aliphatic rings. The van der Waals surface area contributed by atoms with Gasteiger partial charge < -0.3 is 15.5 Å². The number of hydrogen-bond acceptors (Lipinski definition) is 4. The van der Waals surface area contributed by atoms with Gasteiger partial charge in [-0.3, -0.25) is 4.98 Å². The Hall–Kier alpha value is -2.21. The molecular weight excluding hydrogens is 266 g/mol. The standard InChI is InChI=1S/C14H14F2N2O2/c1-8-14(20)11(9(7-19)5-17-8)6-18-10-2-3-12(15)13(16)4-10/h2-5,18-20H,6-7H2,1H3. The van der Waals surface area contributed by atoms with Crippen LogP contribution >= 0.6 is 0 Å². The fourth-order valence-electron chi connectivity index (χ4n) is 1.81. The Bertz CT molecular complexity index is 633. The molecule has 0 fully saturated rings. The number of aliphatic hydroxyl groups excluding tert-OH is 1. The Balaban J connectivity index is 2.22. The highest BCUT2D eigenvalue weighted by Gasteiger charge is 2.11. The molecule has 1 aromatic heterocycles. The van der Waals surface area contributed by atoms with Crippen LogP contribution in [0.3, 0.4) is 0 Å². The van der Waals surface area contributed by atoms with E-state index in [-0.39, 0.29) is 18.9 Å². The van der Waals surface area contributed by atoms with Crippen molar-refractivity contribution in [2.45, 2.75) is 20.1 Å². The summed E-state index contributed by atoms with van der Waals surface area (Å²) in [6, 6.07) is 3.43. The van der Waals surface area contributed by atoms with Crippen LogP contribution in [0.25, 0.3) is 0 Å². The van der Waals surface area contributed by atoms with Gasteiger partial charge in [-0.25, -0.2) is 8.78 Å². The summed E-state index contributed by atoms with van der Waals surface area (Å²) in [6.07, 6.45) is 1.47. The van der Waals surface area contributed by atoms with E-state index in [2.05, 4.69) is 10.3 Å². The molecule has 1 aromatic carbocycles. The van der Waals surface area contributed by atoms with Gasteiger partial charge >= 0.3 is 0 Å². The summed E-state index contributed by atoms with van der Waals surface area (Å²) in [5.74, 6) is -1.90. The van der Waals surface area contributed by atoms with Crippen molar-refractivity contribution in [3.8, 4) is 5.75 Å². The Morgan fingerprint density at radius 1 is 1.25 bits per heavy atom. The summed E-state index contributed by atoms with van der Waals surface area (Å²) in [5, 5.41) is 22.0. The third kappa shape index (κ3) is 2.85. The van der Waals surface area contributed by atoms with Crippen LogP contribution in [0.2, 0.25) is 0 Å². The van der Waals surface area contributed by atoms with Crippen LogP contribution in [0.15, 0.2) is 24.4 Å². The summed E-state index contributed by atoms with van der Waals surface area (Å²) in [6.45, 7) is 1.53. The van der Waals surface area contributed by atoms with Gasteiger partial charge in [0.1, 0.15) is 5.75 Å². The van der Waals surface area contributed by atoms with Crippen molar-refractivity contribution < 1.29 is 19.0 Å². The van der Waals surface area contributed by atoms with Crippen LogP contribution in [0.4, 0.5) is 14.5 Å². The van der Waals surface area contributed by atoms with E-state index < -0.39 is 11.6 Å². The molecule has 4 nitrogen and oxygen atoms in total. The third-order valence-corrected chi connectivity index (χ3v) is 2.99. The van der Waals surface area contributed by atoms with Gasteiger partial charge in [0.05, 0.1) is 12.3 Å². The maximum atomic E-state index is 13.1. The fraction of sp³-hybridized carbons (Fsp3) is 0.214. The first-order valence-corrected chi connectivity index (χ1v) is 5.99. The number of aliphatic hydroxyl groups is 1. The molecule has 6 heteroatoms. The Morgan fingerprint density at radius 3 is 2.65 bits per heavy atom. The van der Waals surface area contributed by atoms with Gasteiger partial charge in [-0.1, -0.05) is 0 Å². The second kappa shape index (κ2) is 5.83. The van der Waals surface area contributed by atoms with Gasteiger partial charge in [0.25, 0.3) is 0 Å². The van der Waals surface area contributed by atoms with E-state index >= 15 is 0 Å². The van der Waals surface area contributed by atoms with E-state index in [1.807, 2.05) is 0 Å². The van der Waals surface area contributed by atoms with Crippen molar-refractivity contribution in [3.63, 3.8) is 0 Å². The van der Waals surface area contributed by atoms with E-state index in [4.69, 9.17) is 0 Å². The first-order chi connectivity index (χ1) is 9.52. The number of nitrogens with zero attached hydrogens (tertiary/aromatic N) is 1. The summed E-state index contributed by atoms with van der Waals surface area (Å²) < 4.78 is 25.9. The van der Waals surface area contributed by atoms with Crippen molar-refractivity contribution in [1.29, 1.82) is 0 Å². The molecular formula is C14H14F2N2O2. The molecule has 1 heterocycles. The van der Waals surface area contributed by atoms with Crippen LogP contribution in [0.1, 0.15) is 16.8 Å². The molecule has 0 unspecified atom stereocenters. The van der Waals surface area contributed by atoms with Crippen molar-refractivity contribution in [3.05, 3.63) is 52.9 Å². The third-order valence-electron chi connectivity index (χ3n) is 2.99. The largest absolute Gasteiger partial charge is 0.506 e. The first-order valence-electron chi connectivity index (χ1n) is 5.99. The second-order valence-corrected chi connectivity index (χ2v) is 4.34. The molecule has 0 radical (unpaired) electrons. The lowest BCUT2D eigenvalue weighted by molar-refractivity contribution is 0.279. The van der Waals surface area contributed by atoms with Crippen LogP contribution in [0.5, 0.6) is 5.75 Å². The zero-order valence-electron chi connectivity index (χ0n) is 10.8. The first kappa shape index (κ1) is 14.2. The van der Waals surface area contributed by atoms with Gasteiger partial charge in [-0.15, -0.1) is 0 Å². The Kier molecular flexibility index (Phi) is 4.14. The molecule has 0 aliphatic carbocycles. The maximum absolute atomic E-state index is 13.1. The van der Waals surface area contributed by atoms with Crippen molar-refractivity contribution in [2.75, 3.05) is 5.32 Å². The molecule has 2 rings (SSSR count). The Labute approximate surface area is 114 Å². The highest BCUT2D eigenvalue weighted by molar-refractivity contribution is 5.47. The molecule has 0 bridgehead atoms. The predicted octanol–water partition coefficient (Wildman–Crippen LogP) is 2.48. The summed E-state index contributed by atoms with van der Waals surface area (Å²) in [4.78, 5) is 3.94. The highest BCUT2D eigenvalue weighted by Crippen LogP contribution is 2.25. The predicted molar refractivity (Wildman–Crippen MR) is 70.2 cm³/mol. The molecule has 0 amide bonds. The number of benzene rings is 1. The zero-order valence-corrected chi connectivity index (χ0v) is 10.8. The molecule has 2 aromatic rings. The maximum Gasteiger partial charge on any atom is 0.160 e. The number of nitrogens with one attached hydrogen (secondary N) is 1. The highest BCUT2D eigenvalue weighted by atomic mass is 19.2. The van der Waals surface area contributed by atoms with Gasteiger partial charge in [-0.05, 0) is 19.1 Å². The normalized spacial score (nSPS) is 10.6. The van der Waals surface area contributed by atoms with E-state index in [0.717, 1.165) is 12.1 Å². The quantitative estimate of drug-likeness (QED) is 0.805. The number of rotatable bonds is 4. The number of aryl methyl sites for hydroxylation is 1. The molecule has 106 valence electrons. The molecule has 0 spiro atoms. The van der Waals surface area contributed by atoms with E-state index in [0.29, 0.717) is 22.5 Å². The minimum absolute atomic E-state index is 0.0216. The van der Waals surface area contributed by atoms with Gasteiger partial charge in [0.2, 0.25) is 0 Å². The number of aromatic nitrogens is 1. The lowest BCUT2D eigenvalue weighted by atomic mass is 10.1. The van der Waals surface area contributed by atoms with E-state index in [9.17, 15) is 19.0 Å². The number of halogens is 2. The summed E-state index contributed by atoms with van der Waals surface area (Å²) >= 11 is 0. The van der Waals surface area contributed by atoms with Crippen LogP contribution in [0, 0.1) is 18.6 Å². The smallest absolute Gasteiger partial charge is 0.160 e. The number of hydrogen-bond donors (Lipinski definition) is 3. The van der Waals surface area contributed by atoms with Crippen molar-refractivity contribution in [1.82, 2.24) is 4.98 Å². The molecule has 0 saturated heterocycles. The fourth-order valence-corrected chi connectivity index (χ4v) is 1.81. The van der Waals surface area contributed by atoms with Crippen LogP contribution < -0.4 is 5.32 Å². The Morgan fingerprint density at radius 2 is 2.00 bits per heavy atom. The minimum Gasteiger partial charge on any atom is -0.506 e. The number of anilines is 1. The van der Waals surface area contributed by atoms with Crippen molar-refractivity contribution >= 4 is 5.69 Å². The lowest BCUT2D eigenvalue weighted by Gasteiger charge is -2.13. The molecule has 0 saturated carbocycles. The molecule has 3 N–H and O–H groups in total. The van der Waals surface area contributed by atoms with Crippen molar-refractivity contribution in [2.24, 2.45) is 0 Å². The average molecular weight is 280 g/mol. The van der Waals surface area contributed by atoms with Gasteiger partial charge in [0.15, 0.2) is 11.6 Å². The van der Waals surface area contributed by atoms with Gasteiger partial charge in [0, 0.05) is 35.6 Å². The van der Waals surface area contributed by atoms with Gasteiger partial charge in [-0.2, -0.15) is 0 Å². The molecule has 20 heavy (non-hydrogen) atoms. The average Bonchev–Trinajstić information content (AvgIpc) is 2.44. The molecule has 0 aliphatic heterocycles. The van der Waals surface area contributed by atoms with Crippen LogP contribution in [-0.4, -0.2) is 15.2 Å². The summed E-state index contributed by atoms with van der Waals surface area (Å²) in [5.41, 5.74) is 1.76. The number of aromatic hydroxyl groups is 1. The zero-order chi connectivity index (χ0) is 14.7. The summed E-state index contributed by atoms with van der Waals surface area (Å²) in [7, 11) is 0. The minimum atomic E-state index is -0.951. The van der Waals surface area contributed by atoms with E-state index in [1.54, 1.807) is 6.92 Å². The second-order valence-electron chi connectivity index (χ2n) is 4.34. The monoisotopic (exact) mass is 280 g/mol. The number of pyridine rings is 1. The van der Waals surface area contributed by atoms with E-state index in [1.165, 1.54) is 12.3 Å². The van der Waals surface area contributed by atoms with Crippen LogP contribution in [-0.2, 0) is 13.2 Å². The SMILES string of the molecule is Cc1ncc(CO)c(CNc2ccc(F)c(F)c2)c1O. The lowest BCUT2D eigenvalue weighted by Crippen LogP contribution is -2.06. The topological polar surface area (TPSA) is 65.4 Å². The molecule has 0 atom stereocenters.